The van der Waals surface area contributed by atoms with Gasteiger partial charge in [-0.3, -0.25) is 4.79 Å². The SMILES string of the molecule is Cl.Cl.O=C(COc1ccc(Oc2ccccn2)cc1)NCC1=CCNCC1. The molecule has 1 aliphatic heterocycles. The molecule has 0 fully saturated rings. The van der Waals surface area contributed by atoms with Crippen LogP contribution in [0.25, 0.3) is 0 Å². The third-order valence-electron chi connectivity index (χ3n) is 3.72. The summed E-state index contributed by atoms with van der Waals surface area (Å²) in [4.78, 5) is 16.0. The summed E-state index contributed by atoms with van der Waals surface area (Å²) in [7, 11) is 0. The van der Waals surface area contributed by atoms with Gasteiger partial charge in [-0.05, 0) is 43.3 Å². The third kappa shape index (κ3) is 7.86. The first kappa shape index (κ1) is 22.8. The van der Waals surface area contributed by atoms with Crippen LogP contribution in [0.1, 0.15) is 6.42 Å². The predicted molar refractivity (Wildman–Crippen MR) is 109 cm³/mol. The minimum atomic E-state index is -0.131. The van der Waals surface area contributed by atoms with Gasteiger partial charge in [0, 0.05) is 25.4 Å². The van der Waals surface area contributed by atoms with E-state index in [4.69, 9.17) is 9.47 Å². The van der Waals surface area contributed by atoms with E-state index in [0.29, 0.717) is 23.9 Å². The highest BCUT2D eigenvalue weighted by Crippen LogP contribution is 2.22. The van der Waals surface area contributed by atoms with Gasteiger partial charge in [0.05, 0.1) is 0 Å². The Kier molecular flexibility index (Phi) is 10.3. The highest BCUT2D eigenvalue weighted by Gasteiger charge is 2.07. The van der Waals surface area contributed by atoms with Crippen molar-refractivity contribution in [3.63, 3.8) is 0 Å². The van der Waals surface area contributed by atoms with E-state index in [1.165, 1.54) is 5.57 Å². The second kappa shape index (κ2) is 12.2. The summed E-state index contributed by atoms with van der Waals surface area (Å²) in [6.45, 7) is 2.41. The van der Waals surface area contributed by atoms with Gasteiger partial charge in [0.25, 0.3) is 5.91 Å². The number of amides is 1. The van der Waals surface area contributed by atoms with Gasteiger partial charge in [-0.1, -0.05) is 17.7 Å². The number of hydrogen-bond donors (Lipinski definition) is 2. The molecule has 2 heterocycles. The van der Waals surface area contributed by atoms with Crippen molar-refractivity contribution in [2.45, 2.75) is 6.42 Å². The van der Waals surface area contributed by atoms with E-state index in [1.807, 2.05) is 12.1 Å². The van der Waals surface area contributed by atoms with Gasteiger partial charge in [-0.15, -0.1) is 24.8 Å². The van der Waals surface area contributed by atoms with Crippen molar-refractivity contribution in [2.75, 3.05) is 26.2 Å². The summed E-state index contributed by atoms with van der Waals surface area (Å²) < 4.78 is 11.1. The second-order valence-corrected chi connectivity index (χ2v) is 5.62. The molecule has 146 valence electrons. The highest BCUT2D eigenvalue weighted by atomic mass is 35.5. The number of benzene rings is 1. The molecule has 0 saturated heterocycles. The maximum atomic E-state index is 11.9. The van der Waals surface area contributed by atoms with Crippen molar-refractivity contribution in [3.05, 3.63) is 60.3 Å². The first-order valence-electron chi connectivity index (χ1n) is 8.27. The first-order valence-corrected chi connectivity index (χ1v) is 8.27. The van der Waals surface area contributed by atoms with E-state index in [1.54, 1.807) is 36.5 Å². The Hall–Kier alpha value is -2.28. The van der Waals surface area contributed by atoms with Crippen LogP contribution in [0, 0.1) is 0 Å². The predicted octanol–water partition coefficient (Wildman–Crippen LogP) is 3.13. The molecule has 0 aliphatic carbocycles. The molecule has 0 saturated carbocycles. The third-order valence-corrected chi connectivity index (χ3v) is 3.72. The van der Waals surface area contributed by atoms with Crippen molar-refractivity contribution in [1.82, 2.24) is 15.6 Å². The second-order valence-electron chi connectivity index (χ2n) is 5.62. The number of halogens is 2. The van der Waals surface area contributed by atoms with E-state index in [0.717, 1.165) is 19.5 Å². The molecule has 2 aromatic rings. The normalized spacial score (nSPS) is 12.7. The minimum absolute atomic E-state index is 0. The van der Waals surface area contributed by atoms with Crippen LogP contribution in [-0.4, -0.2) is 37.1 Å². The topological polar surface area (TPSA) is 72.5 Å². The highest BCUT2D eigenvalue weighted by molar-refractivity contribution is 5.85. The smallest absolute Gasteiger partial charge is 0.258 e. The molecule has 0 radical (unpaired) electrons. The van der Waals surface area contributed by atoms with Gasteiger partial charge >= 0.3 is 0 Å². The van der Waals surface area contributed by atoms with E-state index >= 15 is 0 Å². The number of nitrogens with zero attached hydrogens (tertiary/aromatic N) is 1. The van der Waals surface area contributed by atoms with Crippen molar-refractivity contribution >= 4 is 30.7 Å². The van der Waals surface area contributed by atoms with Crippen LogP contribution >= 0.6 is 24.8 Å². The maximum Gasteiger partial charge on any atom is 0.258 e. The quantitative estimate of drug-likeness (QED) is 0.684. The van der Waals surface area contributed by atoms with Crippen molar-refractivity contribution in [1.29, 1.82) is 0 Å². The van der Waals surface area contributed by atoms with Gasteiger partial charge in [0.15, 0.2) is 6.61 Å². The van der Waals surface area contributed by atoms with E-state index < -0.39 is 0 Å². The lowest BCUT2D eigenvalue weighted by Gasteiger charge is -2.14. The summed E-state index contributed by atoms with van der Waals surface area (Å²) in [6.07, 6.45) is 4.76. The van der Waals surface area contributed by atoms with Crippen LogP contribution < -0.4 is 20.1 Å². The number of carbonyl (C=O) groups excluding carboxylic acids is 1. The summed E-state index contributed by atoms with van der Waals surface area (Å²) in [6, 6.07) is 12.6. The Balaban J connectivity index is 0.00000182. The molecule has 2 N–H and O–H groups in total. The monoisotopic (exact) mass is 411 g/mol. The maximum absolute atomic E-state index is 11.9. The fourth-order valence-electron chi connectivity index (χ4n) is 2.37. The van der Waals surface area contributed by atoms with Crippen LogP contribution in [-0.2, 0) is 4.79 Å². The number of pyridine rings is 1. The Bertz CT molecular complexity index is 725. The van der Waals surface area contributed by atoms with Crippen molar-refractivity contribution < 1.29 is 14.3 Å². The van der Waals surface area contributed by atoms with E-state index in [-0.39, 0.29) is 37.3 Å². The van der Waals surface area contributed by atoms with Crippen LogP contribution in [0.3, 0.4) is 0 Å². The zero-order chi connectivity index (χ0) is 17.3. The molecule has 3 rings (SSSR count). The average Bonchev–Trinajstić information content (AvgIpc) is 2.67. The van der Waals surface area contributed by atoms with Gasteiger partial charge < -0.3 is 20.1 Å². The van der Waals surface area contributed by atoms with Gasteiger partial charge in [0.2, 0.25) is 5.88 Å². The standard InChI is InChI=1S/C19H21N3O3.2ClH/c23-18(22-13-15-8-11-20-12-9-15)14-24-16-4-6-17(7-5-16)25-19-3-1-2-10-21-19;;/h1-8,10,20H,9,11-14H2,(H,22,23);2*1H. The molecule has 1 aliphatic rings. The molecular weight excluding hydrogens is 389 g/mol. The number of aromatic nitrogens is 1. The molecule has 1 aromatic carbocycles. The van der Waals surface area contributed by atoms with Crippen LogP contribution in [0.5, 0.6) is 17.4 Å². The first-order chi connectivity index (χ1) is 12.3. The molecule has 8 heteroatoms. The molecule has 6 nitrogen and oxygen atoms in total. The fraction of sp³-hybridized carbons (Fsp3) is 0.263. The Morgan fingerprint density at radius 1 is 1.11 bits per heavy atom. The summed E-state index contributed by atoms with van der Waals surface area (Å²) >= 11 is 0. The largest absolute Gasteiger partial charge is 0.484 e. The summed E-state index contributed by atoms with van der Waals surface area (Å²) in [5.74, 6) is 1.67. The molecule has 0 spiro atoms. The number of carbonyl (C=O) groups is 1. The molecule has 1 amide bonds. The molecular formula is C19H23Cl2N3O3. The molecule has 0 unspecified atom stereocenters. The average molecular weight is 412 g/mol. The lowest BCUT2D eigenvalue weighted by molar-refractivity contribution is -0.122. The molecule has 27 heavy (non-hydrogen) atoms. The van der Waals surface area contributed by atoms with Crippen molar-refractivity contribution in [2.24, 2.45) is 0 Å². The van der Waals surface area contributed by atoms with Crippen molar-refractivity contribution in [3.8, 4) is 17.4 Å². The van der Waals surface area contributed by atoms with Gasteiger partial charge in [-0.2, -0.15) is 0 Å². The van der Waals surface area contributed by atoms with Crippen LogP contribution in [0.15, 0.2) is 60.3 Å². The number of nitrogens with one attached hydrogen (secondary N) is 2. The minimum Gasteiger partial charge on any atom is -0.484 e. The van der Waals surface area contributed by atoms with Gasteiger partial charge in [-0.25, -0.2) is 4.98 Å². The Labute approximate surface area is 171 Å². The Morgan fingerprint density at radius 2 is 1.89 bits per heavy atom. The van der Waals surface area contributed by atoms with E-state index in [2.05, 4.69) is 21.7 Å². The Morgan fingerprint density at radius 3 is 2.56 bits per heavy atom. The number of ether oxygens (including phenoxy) is 2. The summed E-state index contributed by atoms with van der Waals surface area (Å²) in [5, 5.41) is 6.11. The zero-order valence-electron chi connectivity index (χ0n) is 14.7. The van der Waals surface area contributed by atoms with E-state index in [9.17, 15) is 4.79 Å². The van der Waals surface area contributed by atoms with Gasteiger partial charge in [0.1, 0.15) is 11.5 Å². The fourth-order valence-corrected chi connectivity index (χ4v) is 2.37. The zero-order valence-corrected chi connectivity index (χ0v) is 16.4. The number of rotatable bonds is 7. The van der Waals surface area contributed by atoms with Crippen LogP contribution in [0.4, 0.5) is 0 Å². The van der Waals surface area contributed by atoms with Crippen LogP contribution in [0.2, 0.25) is 0 Å². The molecule has 0 atom stereocenters. The number of hydrogen-bond acceptors (Lipinski definition) is 5. The summed E-state index contributed by atoms with van der Waals surface area (Å²) in [5.41, 5.74) is 1.25. The molecule has 1 aromatic heterocycles. The lowest BCUT2D eigenvalue weighted by Crippen LogP contribution is -2.32. The lowest BCUT2D eigenvalue weighted by atomic mass is 10.1. The molecule has 0 bridgehead atoms.